The molecule has 2 fully saturated rings. The van der Waals surface area contributed by atoms with Crippen molar-refractivity contribution in [3.05, 3.63) is 6.29 Å². The molecular weight excluding hydrogens is 134 g/mol. The minimum absolute atomic E-state index is 0.123. The van der Waals surface area contributed by atoms with E-state index in [1.165, 1.54) is 0 Å². The molecular formula is C6H10NO3. The maximum Gasteiger partial charge on any atom is 0.269 e. The third-order valence-corrected chi connectivity index (χ3v) is 1.50. The van der Waals surface area contributed by atoms with Crippen LogP contribution in [0.25, 0.3) is 0 Å². The maximum absolute atomic E-state index is 5.24. The molecule has 2 aliphatic heterocycles. The third-order valence-electron chi connectivity index (χ3n) is 1.50. The Bertz CT molecular complexity index is 93.6. The highest BCUT2D eigenvalue weighted by Crippen LogP contribution is 2.18. The van der Waals surface area contributed by atoms with Gasteiger partial charge in [-0.25, -0.2) is 0 Å². The van der Waals surface area contributed by atoms with Gasteiger partial charge in [0.2, 0.25) is 0 Å². The van der Waals surface area contributed by atoms with Crippen LogP contribution in [0.4, 0.5) is 0 Å². The molecule has 0 aromatic carbocycles. The van der Waals surface area contributed by atoms with Crippen molar-refractivity contribution in [2.75, 3.05) is 26.4 Å². The molecule has 1 atom stereocenters. The van der Waals surface area contributed by atoms with E-state index >= 15 is 0 Å². The smallest absolute Gasteiger partial charge is 0.269 e. The van der Waals surface area contributed by atoms with Crippen LogP contribution in [0.2, 0.25) is 0 Å². The Balaban J connectivity index is 1.85. The summed E-state index contributed by atoms with van der Waals surface area (Å²) in [5.74, 6) is 0. The lowest BCUT2D eigenvalue weighted by atomic mass is 10.5. The molecule has 0 saturated carbocycles. The Hall–Kier alpha value is -0.160. The van der Waals surface area contributed by atoms with Gasteiger partial charge in [0, 0.05) is 6.54 Å². The van der Waals surface area contributed by atoms with E-state index < -0.39 is 0 Å². The minimum Gasteiger partial charge on any atom is -0.356 e. The van der Waals surface area contributed by atoms with Crippen LogP contribution in [-0.4, -0.2) is 32.6 Å². The van der Waals surface area contributed by atoms with Crippen LogP contribution >= 0.6 is 0 Å². The predicted octanol–water partition coefficient (Wildman–Crippen LogP) is -0.531. The quantitative estimate of drug-likeness (QED) is 0.537. The van der Waals surface area contributed by atoms with Crippen molar-refractivity contribution in [1.29, 1.82) is 0 Å². The molecule has 4 heteroatoms. The van der Waals surface area contributed by atoms with Crippen LogP contribution in [0.3, 0.4) is 0 Å². The zero-order valence-electron chi connectivity index (χ0n) is 5.63. The largest absolute Gasteiger partial charge is 0.356 e. The predicted molar refractivity (Wildman–Crippen MR) is 32.9 cm³/mol. The first kappa shape index (κ1) is 6.54. The minimum atomic E-state index is -0.123. The van der Waals surface area contributed by atoms with Gasteiger partial charge in [0.1, 0.15) is 0 Å². The van der Waals surface area contributed by atoms with Crippen molar-refractivity contribution >= 4 is 0 Å². The number of ether oxygens (including phenoxy) is 3. The second-order valence-corrected chi connectivity index (χ2v) is 2.22. The molecule has 2 heterocycles. The number of nitrogens with one attached hydrogen (secondary N) is 1. The fraction of sp³-hybridized carbons (Fsp3) is 0.833. The highest BCUT2D eigenvalue weighted by molar-refractivity contribution is 4.83. The van der Waals surface area contributed by atoms with Gasteiger partial charge < -0.3 is 14.2 Å². The summed E-state index contributed by atoms with van der Waals surface area (Å²) in [5, 5.41) is 3.09. The molecule has 0 aliphatic carbocycles. The monoisotopic (exact) mass is 144 g/mol. The van der Waals surface area contributed by atoms with Crippen molar-refractivity contribution in [2.45, 2.75) is 6.23 Å². The van der Waals surface area contributed by atoms with Gasteiger partial charge in [-0.2, -0.15) is 0 Å². The lowest BCUT2D eigenvalue weighted by molar-refractivity contribution is -0.0427. The van der Waals surface area contributed by atoms with E-state index in [1.807, 2.05) is 0 Å². The maximum atomic E-state index is 5.24. The van der Waals surface area contributed by atoms with Crippen LogP contribution < -0.4 is 5.32 Å². The van der Waals surface area contributed by atoms with E-state index in [2.05, 4.69) is 5.32 Å². The van der Waals surface area contributed by atoms with E-state index in [0.717, 1.165) is 13.2 Å². The summed E-state index contributed by atoms with van der Waals surface area (Å²) in [5.41, 5.74) is 0. The lowest BCUT2D eigenvalue weighted by Gasteiger charge is -2.13. The van der Waals surface area contributed by atoms with E-state index in [-0.39, 0.29) is 6.23 Å². The van der Waals surface area contributed by atoms with Gasteiger partial charge in [0.25, 0.3) is 6.29 Å². The van der Waals surface area contributed by atoms with Gasteiger partial charge in [-0.15, -0.1) is 0 Å². The van der Waals surface area contributed by atoms with Gasteiger partial charge in [0.15, 0.2) is 6.23 Å². The molecule has 2 saturated heterocycles. The first-order valence-electron chi connectivity index (χ1n) is 3.44. The molecule has 57 valence electrons. The van der Waals surface area contributed by atoms with Gasteiger partial charge in [-0.05, 0) is 0 Å². The van der Waals surface area contributed by atoms with Gasteiger partial charge in [-0.1, -0.05) is 0 Å². The fourth-order valence-corrected chi connectivity index (χ4v) is 1.05. The third kappa shape index (κ3) is 1.15. The number of hydrogen-bond donors (Lipinski definition) is 1. The second kappa shape index (κ2) is 2.84. The van der Waals surface area contributed by atoms with Crippen molar-refractivity contribution in [3.8, 4) is 0 Å². The van der Waals surface area contributed by atoms with Crippen LogP contribution in [0.15, 0.2) is 0 Å². The highest BCUT2D eigenvalue weighted by atomic mass is 16.7. The van der Waals surface area contributed by atoms with Crippen molar-refractivity contribution in [1.82, 2.24) is 5.32 Å². The first-order valence-corrected chi connectivity index (χ1v) is 3.44. The summed E-state index contributed by atoms with van der Waals surface area (Å²) >= 11 is 0. The number of hydrogen-bond acceptors (Lipinski definition) is 4. The summed E-state index contributed by atoms with van der Waals surface area (Å²) in [6, 6.07) is 0. The van der Waals surface area contributed by atoms with Crippen molar-refractivity contribution in [2.24, 2.45) is 0 Å². The first-order chi connectivity index (χ1) is 4.97. The molecule has 0 aromatic rings. The molecule has 2 rings (SSSR count). The van der Waals surface area contributed by atoms with E-state index in [4.69, 9.17) is 14.2 Å². The Kier molecular flexibility index (Phi) is 1.86. The average Bonchev–Trinajstić information content (AvgIpc) is 2.59. The Morgan fingerprint density at radius 3 is 2.60 bits per heavy atom. The van der Waals surface area contributed by atoms with Crippen molar-refractivity contribution < 1.29 is 14.2 Å². The second-order valence-electron chi connectivity index (χ2n) is 2.22. The molecule has 2 aliphatic rings. The van der Waals surface area contributed by atoms with Gasteiger partial charge >= 0.3 is 0 Å². The van der Waals surface area contributed by atoms with E-state index in [0.29, 0.717) is 19.5 Å². The zero-order chi connectivity index (χ0) is 6.81. The molecule has 4 nitrogen and oxygen atoms in total. The van der Waals surface area contributed by atoms with Gasteiger partial charge in [0.05, 0.1) is 19.8 Å². The lowest BCUT2D eigenvalue weighted by Crippen LogP contribution is -2.30. The van der Waals surface area contributed by atoms with Gasteiger partial charge in [-0.3, -0.25) is 5.32 Å². The molecule has 1 N–H and O–H groups in total. The standard InChI is InChI=1S/C6H10NO3/c1-2-8-5(7-1)6-9-3-4-10-6/h5,7H,1-4H2. The summed E-state index contributed by atoms with van der Waals surface area (Å²) in [6.45, 7) is 2.91. The normalized spacial score (nSPS) is 35.4. The van der Waals surface area contributed by atoms with Crippen LogP contribution in [0, 0.1) is 6.29 Å². The average molecular weight is 144 g/mol. The fourth-order valence-electron chi connectivity index (χ4n) is 1.05. The highest BCUT2D eigenvalue weighted by Gasteiger charge is 2.31. The van der Waals surface area contributed by atoms with E-state index in [9.17, 15) is 0 Å². The SMILES string of the molecule is C1COC([C]2OCCO2)N1. The molecule has 0 aromatic heterocycles. The summed E-state index contributed by atoms with van der Waals surface area (Å²) in [7, 11) is 0. The Morgan fingerprint density at radius 2 is 2.00 bits per heavy atom. The Morgan fingerprint density at radius 1 is 1.20 bits per heavy atom. The summed E-state index contributed by atoms with van der Waals surface area (Å²) in [6.07, 6.45) is 0.472. The number of rotatable bonds is 1. The molecule has 0 spiro atoms. The van der Waals surface area contributed by atoms with Crippen LogP contribution in [0.1, 0.15) is 0 Å². The topological polar surface area (TPSA) is 39.7 Å². The van der Waals surface area contributed by atoms with Crippen LogP contribution in [-0.2, 0) is 14.2 Å². The molecule has 0 amide bonds. The van der Waals surface area contributed by atoms with Crippen LogP contribution in [0.5, 0.6) is 0 Å². The zero-order valence-corrected chi connectivity index (χ0v) is 5.63. The summed E-state index contributed by atoms with van der Waals surface area (Å²) in [4.78, 5) is 0. The molecule has 1 unspecified atom stereocenters. The van der Waals surface area contributed by atoms with E-state index in [1.54, 1.807) is 0 Å². The Labute approximate surface area is 59.4 Å². The molecule has 0 bridgehead atoms. The van der Waals surface area contributed by atoms with Crippen molar-refractivity contribution in [3.63, 3.8) is 0 Å². The molecule has 10 heavy (non-hydrogen) atoms. The summed E-state index contributed by atoms with van der Waals surface area (Å²) < 4.78 is 15.5. The molecule has 1 radical (unpaired) electrons.